The molecular formula is C21H16ClN5OS. The zero-order valence-corrected chi connectivity index (χ0v) is 16.8. The van der Waals surface area contributed by atoms with Gasteiger partial charge in [-0.15, -0.1) is 0 Å². The van der Waals surface area contributed by atoms with Gasteiger partial charge >= 0.3 is 0 Å². The first kappa shape index (κ1) is 18.0. The Bertz CT molecular complexity index is 1190. The number of halogens is 1. The van der Waals surface area contributed by atoms with Gasteiger partial charge in [0, 0.05) is 29.7 Å². The fraction of sp³-hybridized carbons (Fsp3) is 0.143. The summed E-state index contributed by atoms with van der Waals surface area (Å²) >= 11 is 7.44. The minimum Gasteiger partial charge on any atom is -0.355 e. The molecule has 29 heavy (non-hydrogen) atoms. The Hall–Kier alpha value is -3.03. The van der Waals surface area contributed by atoms with Crippen LogP contribution < -0.4 is 10.2 Å². The van der Waals surface area contributed by atoms with Crippen LogP contribution in [0.4, 0.5) is 10.9 Å². The van der Waals surface area contributed by atoms with Gasteiger partial charge in [0.15, 0.2) is 5.13 Å². The van der Waals surface area contributed by atoms with Gasteiger partial charge in [-0.25, -0.2) is 15.0 Å². The van der Waals surface area contributed by atoms with Crippen LogP contribution in [0.25, 0.3) is 21.5 Å². The molecule has 2 aromatic heterocycles. The number of nitrogens with one attached hydrogen (secondary N) is 1. The van der Waals surface area contributed by atoms with Crippen molar-refractivity contribution in [3.63, 3.8) is 0 Å². The number of hydrogen-bond acceptors (Lipinski definition) is 6. The van der Waals surface area contributed by atoms with Crippen LogP contribution in [0.2, 0.25) is 5.02 Å². The van der Waals surface area contributed by atoms with E-state index in [4.69, 9.17) is 11.6 Å². The predicted molar refractivity (Wildman–Crippen MR) is 116 cm³/mol. The highest BCUT2D eigenvalue weighted by atomic mass is 35.5. The largest absolute Gasteiger partial charge is 0.355 e. The molecule has 8 heteroatoms. The second-order valence-electron chi connectivity index (χ2n) is 6.85. The minimum atomic E-state index is -0.0965. The number of aromatic nitrogens is 3. The molecule has 144 valence electrons. The van der Waals surface area contributed by atoms with Gasteiger partial charge in [-0.3, -0.25) is 4.79 Å². The van der Waals surface area contributed by atoms with Crippen LogP contribution in [0, 0.1) is 5.92 Å². The van der Waals surface area contributed by atoms with Crippen molar-refractivity contribution < 1.29 is 4.79 Å². The van der Waals surface area contributed by atoms with Gasteiger partial charge in [-0.2, -0.15) is 0 Å². The molecule has 1 fully saturated rings. The number of anilines is 2. The molecule has 0 unspecified atom stereocenters. The highest BCUT2D eigenvalue weighted by Crippen LogP contribution is 2.30. The fourth-order valence-corrected chi connectivity index (χ4v) is 4.42. The molecule has 6 nitrogen and oxygen atoms in total. The lowest BCUT2D eigenvalue weighted by Crippen LogP contribution is -2.52. The van der Waals surface area contributed by atoms with Crippen molar-refractivity contribution in [2.24, 2.45) is 5.92 Å². The second kappa shape index (κ2) is 7.42. The summed E-state index contributed by atoms with van der Waals surface area (Å²) in [5.74, 6) is 0.710. The molecule has 1 amide bonds. The average molecular weight is 422 g/mol. The quantitative estimate of drug-likeness (QED) is 0.526. The molecule has 0 atom stereocenters. The van der Waals surface area contributed by atoms with Crippen LogP contribution in [0.15, 0.2) is 60.9 Å². The summed E-state index contributed by atoms with van der Waals surface area (Å²) in [4.78, 5) is 27.8. The van der Waals surface area contributed by atoms with E-state index in [2.05, 4.69) is 25.2 Å². The Morgan fingerprint density at radius 2 is 1.93 bits per heavy atom. The third kappa shape index (κ3) is 3.66. The number of hydrogen-bond donors (Lipinski definition) is 1. The number of thiazole rings is 1. The average Bonchev–Trinajstić information content (AvgIpc) is 3.09. The monoisotopic (exact) mass is 421 g/mol. The van der Waals surface area contributed by atoms with E-state index < -0.39 is 0 Å². The van der Waals surface area contributed by atoms with Crippen LogP contribution in [-0.2, 0) is 4.79 Å². The molecule has 1 saturated heterocycles. The fourth-order valence-electron chi connectivity index (χ4n) is 3.28. The topological polar surface area (TPSA) is 71.0 Å². The van der Waals surface area contributed by atoms with E-state index in [-0.39, 0.29) is 11.8 Å². The van der Waals surface area contributed by atoms with Crippen LogP contribution in [0.1, 0.15) is 0 Å². The maximum Gasteiger partial charge on any atom is 0.232 e. The number of benzene rings is 2. The standard InChI is InChI=1S/C21H16ClN5OS/c22-15-6-7-16-18(8-15)29-21(25-16)26-20(28)14-10-27(11-14)19-9-17(23-12-24-19)13-4-2-1-3-5-13/h1-9,12,14H,10-11H2,(H,25,26,28). The van der Waals surface area contributed by atoms with Crippen molar-refractivity contribution in [2.45, 2.75) is 0 Å². The Morgan fingerprint density at radius 1 is 1.10 bits per heavy atom. The van der Waals surface area contributed by atoms with E-state index in [1.165, 1.54) is 11.3 Å². The third-order valence-electron chi connectivity index (χ3n) is 4.88. The van der Waals surface area contributed by atoms with E-state index in [0.717, 1.165) is 27.3 Å². The molecule has 0 aliphatic carbocycles. The summed E-state index contributed by atoms with van der Waals surface area (Å²) in [6.07, 6.45) is 1.57. The van der Waals surface area contributed by atoms with Crippen molar-refractivity contribution in [3.05, 3.63) is 65.9 Å². The first-order valence-corrected chi connectivity index (χ1v) is 10.3. The van der Waals surface area contributed by atoms with Crippen molar-refractivity contribution >= 4 is 50.0 Å². The van der Waals surface area contributed by atoms with Gasteiger partial charge in [0.05, 0.1) is 21.8 Å². The molecule has 1 aliphatic heterocycles. The lowest BCUT2D eigenvalue weighted by molar-refractivity contribution is -0.120. The van der Waals surface area contributed by atoms with E-state index in [0.29, 0.717) is 23.2 Å². The molecule has 5 rings (SSSR count). The number of nitrogens with zero attached hydrogens (tertiary/aromatic N) is 4. The van der Waals surface area contributed by atoms with E-state index >= 15 is 0 Å². The number of rotatable bonds is 4. The summed E-state index contributed by atoms with van der Waals surface area (Å²) < 4.78 is 0.956. The minimum absolute atomic E-state index is 0.0243. The Morgan fingerprint density at radius 3 is 2.76 bits per heavy atom. The number of fused-ring (bicyclic) bond motifs is 1. The number of carbonyl (C=O) groups excluding carboxylic acids is 1. The molecule has 3 heterocycles. The maximum atomic E-state index is 12.6. The van der Waals surface area contributed by atoms with E-state index in [9.17, 15) is 4.79 Å². The maximum absolute atomic E-state index is 12.6. The first-order chi connectivity index (χ1) is 14.2. The summed E-state index contributed by atoms with van der Waals surface area (Å²) in [6, 6.07) is 17.4. The van der Waals surface area contributed by atoms with Crippen LogP contribution >= 0.6 is 22.9 Å². The zero-order valence-electron chi connectivity index (χ0n) is 15.2. The molecule has 0 spiro atoms. The molecule has 0 bridgehead atoms. The second-order valence-corrected chi connectivity index (χ2v) is 8.32. The van der Waals surface area contributed by atoms with E-state index in [1.54, 1.807) is 12.4 Å². The molecule has 0 radical (unpaired) electrons. The molecule has 0 saturated carbocycles. The van der Waals surface area contributed by atoms with Crippen LogP contribution in [0.5, 0.6) is 0 Å². The highest BCUT2D eigenvalue weighted by Gasteiger charge is 2.34. The van der Waals surface area contributed by atoms with Crippen LogP contribution in [0.3, 0.4) is 0 Å². The van der Waals surface area contributed by atoms with Gasteiger partial charge in [0.1, 0.15) is 12.1 Å². The predicted octanol–water partition coefficient (Wildman–Crippen LogP) is 4.48. The molecule has 1 aliphatic rings. The SMILES string of the molecule is O=C(Nc1nc2ccc(Cl)cc2s1)C1CN(c2cc(-c3ccccc3)ncn2)C1. The molecule has 1 N–H and O–H groups in total. The molecular weight excluding hydrogens is 406 g/mol. The Kier molecular flexibility index (Phi) is 4.61. The summed E-state index contributed by atoms with van der Waals surface area (Å²) in [6.45, 7) is 1.24. The van der Waals surface area contributed by atoms with Gasteiger partial charge in [-0.05, 0) is 18.2 Å². The molecule has 2 aromatic carbocycles. The van der Waals surface area contributed by atoms with Gasteiger partial charge < -0.3 is 10.2 Å². The summed E-state index contributed by atoms with van der Waals surface area (Å²) in [5.41, 5.74) is 2.75. The van der Waals surface area contributed by atoms with Gasteiger partial charge in [0.2, 0.25) is 5.91 Å². The number of amides is 1. The zero-order chi connectivity index (χ0) is 19.8. The van der Waals surface area contributed by atoms with Crippen LogP contribution in [-0.4, -0.2) is 33.9 Å². The van der Waals surface area contributed by atoms with Crippen molar-refractivity contribution in [3.8, 4) is 11.3 Å². The molecule has 4 aromatic rings. The third-order valence-corrected chi connectivity index (χ3v) is 6.05. The summed E-state index contributed by atoms with van der Waals surface area (Å²) in [5, 5.41) is 4.18. The smallest absolute Gasteiger partial charge is 0.232 e. The first-order valence-electron chi connectivity index (χ1n) is 9.15. The van der Waals surface area contributed by atoms with Gasteiger partial charge in [-0.1, -0.05) is 53.3 Å². The summed E-state index contributed by atoms with van der Waals surface area (Å²) in [7, 11) is 0. The van der Waals surface area contributed by atoms with E-state index in [1.807, 2.05) is 48.5 Å². The normalized spacial score (nSPS) is 14.0. The lowest BCUT2D eigenvalue weighted by Gasteiger charge is -2.38. The van der Waals surface area contributed by atoms with Crippen molar-refractivity contribution in [2.75, 3.05) is 23.3 Å². The van der Waals surface area contributed by atoms with Crippen molar-refractivity contribution in [1.29, 1.82) is 0 Å². The lowest BCUT2D eigenvalue weighted by atomic mass is 9.99. The van der Waals surface area contributed by atoms with Crippen molar-refractivity contribution in [1.82, 2.24) is 15.0 Å². The Balaban J connectivity index is 1.24. The number of carbonyl (C=O) groups is 1. The van der Waals surface area contributed by atoms with Gasteiger partial charge in [0.25, 0.3) is 0 Å². The highest BCUT2D eigenvalue weighted by molar-refractivity contribution is 7.22. The Labute approximate surface area is 176 Å².